The van der Waals surface area contributed by atoms with Gasteiger partial charge in [-0.25, -0.2) is 9.78 Å². The van der Waals surface area contributed by atoms with E-state index >= 15 is 0 Å². The molecule has 1 saturated heterocycles. The second-order valence-electron chi connectivity index (χ2n) is 18.2. The van der Waals surface area contributed by atoms with Crippen molar-refractivity contribution in [3.8, 4) is 10.4 Å². The molecule has 1 aliphatic heterocycles. The van der Waals surface area contributed by atoms with E-state index in [9.17, 15) is 29.1 Å². The SMILES string of the molecule is Cc1ncsc1-c1ccc(CNC(=O)[C@@H]2C[C@@H](O)CN2C(=O)[C@@H](NC(=O)CCc2cccc3cc(CO[C@H](C)[C@H](CCC(N)=O)NC(=O)OC(C)(C)C)ccc23)C(C)(C)C)cc1. The Hall–Kier alpha value is -5.38. The van der Waals surface area contributed by atoms with Crippen LogP contribution in [0.15, 0.2) is 66.2 Å². The number of hydrogen-bond donors (Lipinski definition) is 5. The Labute approximate surface area is 368 Å². The molecule has 0 spiro atoms. The summed E-state index contributed by atoms with van der Waals surface area (Å²) in [6, 6.07) is 17.4. The smallest absolute Gasteiger partial charge is 0.407 e. The summed E-state index contributed by atoms with van der Waals surface area (Å²) in [7, 11) is 0. The molecule has 1 aliphatic rings. The molecule has 0 bridgehead atoms. The number of primary amides is 1. The summed E-state index contributed by atoms with van der Waals surface area (Å²) < 4.78 is 11.6. The number of nitrogens with two attached hydrogens (primary N) is 1. The highest BCUT2D eigenvalue weighted by Gasteiger charge is 2.44. The Morgan fingerprint density at radius 1 is 0.968 bits per heavy atom. The number of fused-ring (bicyclic) bond motifs is 1. The van der Waals surface area contributed by atoms with Crippen molar-refractivity contribution >= 4 is 51.8 Å². The Morgan fingerprint density at radius 2 is 1.68 bits per heavy atom. The number of aryl methyl sites for hydroxylation is 2. The molecule has 0 radical (unpaired) electrons. The van der Waals surface area contributed by atoms with Crippen LogP contribution in [-0.4, -0.2) is 87.2 Å². The first-order valence-corrected chi connectivity index (χ1v) is 22.0. The fourth-order valence-corrected chi connectivity index (χ4v) is 8.31. The number of nitrogens with zero attached hydrogens (tertiary/aromatic N) is 2. The van der Waals surface area contributed by atoms with E-state index < -0.39 is 59.3 Å². The number of rotatable bonds is 17. The third-order valence-corrected chi connectivity index (χ3v) is 11.8. The standard InChI is InChI=1S/C47H62N6O8S/c1-28-41(62-27-50-28)33-15-12-30(13-16-33)24-49-43(57)38-23-35(54)25-53(38)44(58)42(46(3,4)5)52-40(56)21-17-32-10-9-11-34-22-31(14-18-36(32)34)26-60-29(2)37(19-20-39(48)55)51-45(59)61-47(6,7)8/h9-16,18,22,27,29,35,37-38,42,54H,17,19-21,23-26H2,1-8H3,(H2,48,55)(H,49,57)(H,51,59)(H,52,56)/t29-,35-,37+,38+,42-/m1/s1. The molecular formula is C47H62N6O8S. The third-order valence-electron chi connectivity index (χ3n) is 10.9. The second kappa shape index (κ2) is 20.7. The molecule has 0 saturated carbocycles. The summed E-state index contributed by atoms with van der Waals surface area (Å²) in [5.41, 5.74) is 10.6. The number of aliphatic hydroxyl groups is 1. The molecule has 62 heavy (non-hydrogen) atoms. The summed E-state index contributed by atoms with van der Waals surface area (Å²) in [5.74, 6) is -1.57. The molecule has 5 rings (SSSR count). The molecule has 1 fully saturated rings. The Bertz CT molecular complexity index is 2210. The van der Waals surface area contributed by atoms with Crippen LogP contribution in [-0.2, 0) is 48.2 Å². The van der Waals surface area contributed by atoms with Crippen molar-refractivity contribution in [2.45, 2.75) is 137 Å². The van der Waals surface area contributed by atoms with Crippen molar-refractivity contribution in [3.63, 3.8) is 0 Å². The number of alkyl carbamates (subject to hydrolysis) is 1. The van der Waals surface area contributed by atoms with Crippen LogP contribution in [0, 0.1) is 12.3 Å². The number of carbonyl (C=O) groups excluding carboxylic acids is 5. The minimum absolute atomic E-state index is 0.0109. The monoisotopic (exact) mass is 870 g/mol. The van der Waals surface area contributed by atoms with Gasteiger partial charge in [0.25, 0.3) is 0 Å². The summed E-state index contributed by atoms with van der Waals surface area (Å²) in [6.07, 6.45) is -0.940. The normalized spacial score (nSPS) is 17.0. The van der Waals surface area contributed by atoms with Crippen LogP contribution in [0.5, 0.6) is 0 Å². The van der Waals surface area contributed by atoms with Gasteiger partial charge in [0.15, 0.2) is 0 Å². The molecular weight excluding hydrogens is 809 g/mol. The third kappa shape index (κ3) is 13.3. The average Bonchev–Trinajstić information content (AvgIpc) is 3.82. The largest absolute Gasteiger partial charge is 0.444 e. The van der Waals surface area contributed by atoms with Crippen LogP contribution in [0.25, 0.3) is 21.2 Å². The Morgan fingerprint density at radius 3 is 2.32 bits per heavy atom. The number of carbonyl (C=O) groups is 5. The number of ether oxygens (including phenoxy) is 2. The predicted molar refractivity (Wildman–Crippen MR) is 240 cm³/mol. The molecule has 5 atom stereocenters. The van der Waals surface area contributed by atoms with Crippen LogP contribution in [0.2, 0.25) is 0 Å². The molecule has 3 aromatic carbocycles. The molecule has 15 heteroatoms. The Balaban J connectivity index is 1.18. The number of β-amino-alcohol motifs (C(OH)–C–C–N with tert-alkyl or cyclic N) is 1. The first-order chi connectivity index (χ1) is 29.2. The average molecular weight is 871 g/mol. The van der Waals surface area contributed by atoms with E-state index in [1.54, 1.807) is 32.1 Å². The number of nitrogens with one attached hydrogen (secondary N) is 3. The molecule has 0 unspecified atom stereocenters. The summed E-state index contributed by atoms with van der Waals surface area (Å²) in [5, 5.41) is 21.3. The number of amides is 5. The van der Waals surface area contributed by atoms with Crippen molar-refractivity contribution < 1.29 is 38.6 Å². The summed E-state index contributed by atoms with van der Waals surface area (Å²) in [4.78, 5) is 72.1. The van der Waals surface area contributed by atoms with E-state index in [0.29, 0.717) is 12.8 Å². The van der Waals surface area contributed by atoms with Crippen LogP contribution in [0.3, 0.4) is 0 Å². The minimum Gasteiger partial charge on any atom is -0.444 e. The van der Waals surface area contributed by atoms with Crippen molar-refractivity contribution in [2.75, 3.05) is 6.54 Å². The fourth-order valence-electron chi connectivity index (χ4n) is 7.49. The maximum atomic E-state index is 14.2. The quantitative estimate of drug-likeness (QED) is 0.0834. The highest BCUT2D eigenvalue weighted by Crippen LogP contribution is 2.29. The van der Waals surface area contributed by atoms with Gasteiger partial charge in [0.1, 0.15) is 17.7 Å². The van der Waals surface area contributed by atoms with Gasteiger partial charge in [-0.3, -0.25) is 19.2 Å². The molecule has 2 heterocycles. The first-order valence-electron chi connectivity index (χ1n) is 21.1. The van der Waals surface area contributed by atoms with Crippen LogP contribution in [0.1, 0.15) is 96.5 Å². The van der Waals surface area contributed by atoms with E-state index in [1.807, 2.05) is 101 Å². The van der Waals surface area contributed by atoms with Gasteiger partial charge < -0.3 is 41.2 Å². The first kappa shape index (κ1) is 47.7. The summed E-state index contributed by atoms with van der Waals surface area (Å²) >= 11 is 1.57. The number of thiazole rings is 1. The maximum Gasteiger partial charge on any atom is 0.407 e. The van der Waals surface area contributed by atoms with E-state index in [-0.39, 0.29) is 50.8 Å². The minimum atomic E-state index is -0.939. The van der Waals surface area contributed by atoms with Crippen molar-refractivity contribution in [3.05, 3.63) is 88.6 Å². The lowest BCUT2D eigenvalue weighted by Gasteiger charge is -2.35. The molecule has 334 valence electrons. The van der Waals surface area contributed by atoms with Gasteiger partial charge in [0, 0.05) is 32.4 Å². The zero-order chi connectivity index (χ0) is 45.4. The van der Waals surface area contributed by atoms with E-state index in [0.717, 1.165) is 43.6 Å². The number of likely N-dealkylation sites (tertiary alicyclic amines) is 1. The van der Waals surface area contributed by atoms with Crippen LogP contribution >= 0.6 is 11.3 Å². The molecule has 5 amide bonds. The van der Waals surface area contributed by atoms with Crippen LogP contribution < -0.4 is 21.7 Å². The lowest BCUT2D eigenvalue weighted by Crippen LogP contribution is -2.57. The van der Waals surface area contributed by atoms with Crippen molar-refractivity contribution in [1.29, 1.82) is 0 Å². The van der Waals surface area contributed by atoms with Gasteiger partial charge in [-0.2, -0.15) is 0 Å². The summed E-state index contributed by atoms with van der Waals surface area (Å²) in [6.45, 7) is 15.2. The zero-order valence-electron chi connectivity index (χ0n) is 37.1. The van der Waals surface area contributed by atoms with Crippen molar-refractivity contribution in [2.24, 2.45) is 11.1 Å². The molecule has 0 aliphatic carbocycles. The number of benzene rings is 3. The predicted octanol–water partition coefficient (Wildman–Crippen LogP) is 6.08. The van der Waals surface area contributed by atoms with Gasteiger partial charge in [0.05, 0.1) is 40.9 Å². The van der Waals surface area contributed by atoms with E-state index in [2.05, 4.69) is 20.9 Å². The lowest BCUT2D eigenvalue weighted by molar-refractivity contribution is -0.144. The van der Waals surface area contributed by atoms with Gasteiger partial charge in [-0.1, -0.05) is 75.4 Å². The van der Waals surface area contributed by atoms with E-state index in [1.165, 1.54) is 4.90 Å². The number of aromatic nitrogens is 1. The highest BCUT2D eigenvalue weighted by atomic mass is 32.1. The second-order valence-corrected chi connectivity index (χ2v) is 19.0. The lowest BCUT2D eigenvalue weighted by atomic mass is 9.85. The molecule has 6 N–H and O–H groups in total. The highest BCUT2D eigenvalue weighted by molar-refractivity contribution is 7.13. The van der Waals surface area contributed by atoms with Gasteiger partial charge >= 0.3 is 6.09 Å². The topological polar surface area (TPSA) is 202 Å². The molecule has 4 aromatic rings. The van der Waals surface area contributed by atoms with Gasteiger partial charge in [-0.05, 0) is 92.0 Å². The Kier molecular flexibility index (Phi) is 15.9. The number of hydrogen-bond acceptors (Lipinski definition) is 10. The number of aliphatic hydroxyl groups excluding tert-OH is 1. The molecule has 14 nitrogen and oxygen atoms in total. The van der Waals surface area contributed by atoms with Gasteiger partial charge in [-0.15, -0.1) is 11.3 Å². The van der Waals surface area contributed by atoms with Crippen LogP contribution in [0.4, 0.5) is 4.79 Å². The van der Waals surface area contributed by atoms with Crippen molar-refractivity contribution in [1.82, 2.24) is 25.8 Å². The van der Waals surface area contributed by atoms with Gasteiger partial charge in [0.2, 0.25) is 23.6 Å². The zero-order valence-corrected chi connectivity index (χ0v) is 37.9. The fraction of sp³-hybridized carbons (Fsp3) is 0.489. The maximum absolute atomic E-state index is 14.2. The molecule has 1 aromatic heterocycles. The van der Waals surface area contributed by atoms with E-state index in [4.69, 9.17) is 15.2 Å².